The molecule has 0 aromatic heterocycles. The second-order valence-corrected chi connectivity index (χ2v) is 7.31. The van der Waals surface area contributed by atoms with E-state index in [1.165, 1.54) is 0 Å². The molecule has 0 bridgehead atoms. The van der Waals surface area contributed by atoms with E-state index in [2.05, 4.69) is 19.7 Å². The van der Waals surface area contributed by atoms with Gasteiger partial charge >= 0.3 is 11.9 Å². The Hall–Kier alpha value is -1.88. The molecule has 0 spiro atoms. The lowest BCUT2D eigenvalue weighted by Gasteiger charge is -2.28. The standard InChI is InChI=1S/C19H24O5/c1-8(2)18(21)23-14-7-12-9(3)6-13(20)16-11(5)19(22)24-17(16)15(12)10(14)4/h11-17,20H,1,3-4,6-7H2,2,5H3/t11-,12-,13+,14+,15+,16+,17-/m1/s1. The quantitative estimate of drug-likeness (QED) is 0.477. The third-order valence-corrected chi connectivity index (χ3v) is 5.72. The Labute approximate surface area is 142 Å². The van der Waals surface area contributed by atoms with Gasteiger partial charge in [0.05, 0.1) is 12.0 Å². The zero-order chi connectivity index (χ0) is 17.8. The maximum Gasteiger partial charge on any atom is 0.333 e. The molecule has 1 N–H and O–H groups in total. The van der Waals surface area contributed by atoms with Crippen LogP contribution in [0.15, 0.2) is 36.5 Å². The van der Waals surface area contributed by atoms with E-state index in [4.69, 9.17) is 9.47 Å². The van der Waals surface area contributed by atoms with Crippen LogP contribution >= 0.6 is 0 Å². The van der Waals surface area contributed by atoms with Crippen LogP contribution in [0.2, 0.25) is 0 Å². The summed E-state index contributed by atoms with van der Waals surface area (Å²) in [5.41, 5.74) is 1.98. The summed E-state index contributed by atoms with van der Waals surface area (Å²) in [6.07, 6.45) is -0.543. The average Bonchev–Trinajstić information content (AvgIpc) is 2.93. The molecule has 2 saturated carbocycles. The first-order valence-electron chi connectivity index (χ1n) is 8.33. The van der Waals surface area contributed by atoms with Gasteiger partial charge in [0.2, 0.25) is 0 Å². The molecule has 5 nitrogen and oxygen atoms in total. The van der Waals surface area contributed by atoms with E-state index < -0.39 is 24.3 Å². The number of carbonyl (C=O) groups excluding carboxylic acids is 2. The van der Waals surface area contributed by atoms with Crippen LogP contribution in [0.25, 0.3) is 0 Å². The Balaban J connectivity index is 1.90. The second-order valence-electron chi connectivity index (χ2n) is 7.31. The fraction of sp³-hybridized carbons (Fsp3) is 0.579. The third-order valence-electron chi connectivity index (χ3n) is 5.72. The zero-order valence-electron chi connectivity index (χ0n) is 14.2. The molecule has 0 aromatic carbocycles. The van der Waals surface area contributed by atoms with Crippen molar-refractivity contribution < 1.29 is 24.2 Å². The van der Waals surface area contributed by atoms with Gasteiger partial charge in [-0.05, 0) is 31.3 Å². The smallest absolute Gasteiger partial charge is 0.333 e. The van der Waals surface area contributed by atoms with Crippen molar-refractivity contribution in [1.82, 2.24) is 0 Å². The number of aliphatic hydroxyl groups excluding tert-OH is 1. The van der Waals surface area contributed by atoms with Gasteiger partial charge in [-0.15, -0.1) is 0 Å². The molecule has 2 aliphatic carbocycles. The number of hydrogen-bond acceptors (Lipinski definition) is 5. The predicted molar refractivity (Wildman–Crippen MR) is 87.7 cm³/mol. The number of aliphatic hydroxyl groups is 1. The highest BCUT2D eigenvalue weighted by atomic mass is 16.6. The van der Waals surface area contributed by atoms with E-state index in [0.717, 1.165) is 11.1 Å². The van der Waals surface area contributed by atoms with Crippen LogP contribution in [0.5, 0.6) is 0 Å². The summed E-state index contributed by atoms with van der Waals surface area (Å²) in [4.78, 5) is 23.9. The highest BCUT2D eigenvalue weighted by Crippen LogP contribution is 2.52. The van der Waals surface area contributed by atoms with Gasteiger partial charge < -0.3 is 14.6 Å². The molecule has 130 valence electrons. The van der Waals surface area contributed by atoms with Gasteiger partial charge in [-0.25, -0.2) is 4.79 Å². The monoisotopic (exact) mass is 332 g/mol. The molecule has 3 aliphatic rings. The van der Waals surface area contributed by atoms with Gasteiger partial charge in [0.15, 0.2) is 0 Å². The lowest BCUT2D eigenvalue weighted by molar-refractivity contribution is -0.146. The van der Waals surface area contributed by atoms with Crippen molar-refractivity contribution in [3.63, 3.8) is 0 Å². The van der Waals surface area contributed by atoms with Gasteiger partial charge in [0.1, 0.15) is 12.2 Å². The first kappa shape index (κ1) is 17.0. The van der Waals surface area contributed by atoms with Crippen LogP contribution in [0.1, 0.15) is 26.7 Å². The van der Waals surface area contributed by atoms with E-state index >= 15 is 0 Å². The van der Waals surface area contributed by atoms with Crippen molar-refractivity contribution in [1.29, 1.82) is 0 Å². The average molecular weight is 332 g/mol. The first-order chi connectivity index (χ1) is 11.2. The minimum Gasteiger partial charge on any atom is -0.461 e. The Bertz CT molecular complexity index is 634. The van der Waals surface area contributed by atoms with Crippen LogP contribution in [-0.4, -0.2) is 35.4 Å². The van der Waals surface area contributed by atoms with E-state index in [0.29, 0.717) is 18.4 Å². The van der Waals surface area contributed by atoms with Gasteiger partial charge in [-0.2, -0.15) is 0 Å². The number of esters is 2. The van der Waals surface area contributed by atoms with Crippen LogP contribution in [-0.2, 0) is 19.1 Å². The van der Waals surface area contributed by atoms with Crippen LogP contribution in [0, 0.1) is 23.7 Å². The molecule has 5 heteroatoms. The van der Waals surface area contributed by atoms with Crippen LogP contribution < -0.4 is 0 Å². The topological polar surface area (TPSA) is 72.8 Å². The highest BCUT2D eigenvalue weighted by molar-refractivity contribution is 5.87. The Morgan fingerprint density at radius 2 is 2.04 bits per heavy atom. The van der Waals surface area contributed by atoms with Gasteiger partial charge in [-0.3, -0.25) is 4.79 Å². The molecule has 3 rings (SSSR count). The fourth-order valence-corrected chi connectivity index (χ4v) is 4.40. The number of rotatable bonds is 2. The summed E-state index contributed by atoms with van der Waals surface area (Å²) in [5.74, 6) is -1.56. The van der Waals surface area contributed by atoms with Crippen molar-refractivity contribution in [2.24, 2.45) is 23.7 Å². The van der Waals surface area contributed by atoms with Crippen LogP contribution in [0.3, 0.4) is 0 Å². The SMILES string of the molecule is C=C(C)C(=O)O[C@H]1C[C@@H]2C(=C)C[C@H](O)[C@H]3[C@H](OC(=O)[C@@H]3C)[C@H]2C1=C. The Morgan fingerprint density at radius 3 is 2.67 bits per heavy atom. The molecule has 1 heterocycles. The van der Waals surface area contributed by atoms with E-state index in [1.54, 1.807) is 13.8 Å². The van der Waals surface area contributed by atoms with Crippen molar-refractivity contribution in [3.05, 3.63) is 36.5 Å². The summed E-state index contributed by atoms with van der Waals surface area (Å²) in [5, 5.41) is 10.5. The lowest BCUT2D eigenvalue weighted by Crippen LogP contribution is -2.35. The minimum atomic E-state index is -0.654. The first-order valence-corrected chi connectivity index (χ1v) is 8.33. The molecule has 0 amide bonds. The number of carbonyl (C=O) groups is 2. The third kappa shape index (κ3) is 2.51. The van der Waals surface area contributed by atoms with Crippen molar-refractivity contribution in [2.75, 3.05) is 0 Å². The van der Waals surface area contributed by atoms with E-state index in [1.807, 2.05) is 0 Å². The molecule has 24 heavy (non-hydrogen) atoms. The summed E-state index contributed by atoms with van der Waals surface area (Å²) >= 11 is 0. The Morgan fingerprint density at radius 1 is 1.38 bits per heavy atom. The summed E-state index contributed by atoms with van der Waals surface area (Å²) < 4.78 is 11.1. The van der Waals surface area contributed by atoms with Gasteiger partial charge in [-0.1, -0.05) is 32.2 Å². The second kappa shape index (κ2) is 5.88. The minimum absolute atomic E-state index is 0.0110. The number of ether oxygens (including phenoxy) is 2. The van der Waals surface area contributed by atoms with Crippen molar-refractivity contribution >= 4 is 11.9 Å². The molecular weight excluding hydrogens is 308 g/mol. The predicted octanol–water partition coefficient (Wildman–Crippen LogP) is 2.17. The molecule has 1 saturated heterocycles. The van der Waals surface area contributed by atoms with E-state index in [-0.39, 0.29) is 29.6 Å². The molecule has 1 aliphatic heterocycles. The molecule has 7 atom stereocenters. The molecule has 3 fully saturated rings. The largest absolute Gasteiger partial charge is 0.461 e. The normalized spacial score (nSPS) is 41.3. The van der Waals surface area contributed by atoms with Gasteiger partial charge in [0, 0.05) is 17.4 Å². The summed E-state index contributed by atoms with van der Waals surface area (Å²) in [6, 6.07) is 0. The molecular formula is C19H24O5. The number of fused-ring (bicyclic) bond motifs is 3. The number of hydrogen-bond donors (Lipinski definition) is 1. The molecule has 0 unspecified atom stereocenters. The maximum atomic E-state index is 12.0. The zero-order valence-corrected chi connectivity index (χ0v) is 14.2. The maximum absolute atomic E-state index is 12.0. The Kier molecular flexibility index (Phi) is 4.16. The van der Waals surface area contributed by atoms with Gasteiger partial charge in [0.25, 0.3) is 0 Å². The lowest BCUT2D eigenvalue weighted by atomic mass is 9.79. The molecule has 0 radical (unpaired) electrons. The fourth-order valence-electron chi connectivity index (χ4n) is 4.40. The van der Waals surface area contributed by atoms with E-state index in [9.17, 15) is 14.7 Å². The van der Waals surface area contributed by atoms with Crippen LogP contribution in [0.4, 0.5) is 0 Å². The summed E-state index contributed by atoms with van der Waals surface area (Å²) in [7, 11) is 0. The summed E-state index contributed by atoms with van der Waals surface area (Å²) in [6.45, 7) is 15.2. The van der Waals surface area contributed by atoms with Crippen molar-refractivity contribution in [2.45, 2.75) is 45.0 Å². The highest BCUT2D eigenvalue weighted by Gasteiger charge is 2.57. The molecule has 0 aromatic rings. The van der Waals surface area contributed by atoms with Crippen molar-refractivity contribution in [3.8, 4) is 0 Å².